The van der Waals surface area contributed by atoms with Crippen LogP contribution in [0.2, 0.25) is 0 Å². The number of rotatable bonds is 7. The average Bonchev–Trinajstić information content (AvgIpc) is 2.08. The van der Waals surface area contributed by atoms with Crippen molar-refractivity contribution < 1.29 is 9.53 Å². The molecule has 0 aliphatic rings. The van der Waals surface area contributed by atoms with E-state index in [1.807, 2.05) is 0 Å². The lowest BCUT2D eigenvalue weighted by Gasteiger charge is -2.12. The molecule has 1 unspecified atom stereocenters. The van der Waals surface area contributed by atoms with Crippen molar-refractivity contribution in [1.29, 1.82) is 0 Å². The number of carbonyl (C=O) groups is 1. The van der Waals surface area contributed by atoms with E-state index in [0.29, 0.717) is 12.6 Å². The Kier molecular flexibility index (Phi) is 7.63. The summed E-state index contributed by atoms with van der Waals surface area (Å²) < 4.78 is 4.95. The second kappa shape index (κ2) is 8.01. The maximum atomic E-state index is 10.5. The van der Waals surface area contributed by atoms with Gasteiger partial charge in [0.2, 0.25) is 5.91 Å². The predicted molar refractivity (Wildman–Crippen MR) is 52.6 cm³/mol. The lowest BCUT2D eigenvalue weighted by molar-refractivity contribution is -0.118. The van der Waals surface area contributed by atoms with E-state index >= 15 is 0 Å². The number of ether oxygens (including phenoxy) is 1. The highest BCUT2D eigenvalue weighted by molar-refractivity contribution is 5.72. The molecule has 0 spiro atoms. The third-order valence-electron chi connectivity index (χ3n) is 1.75. The molecule has 0 aromatic carbocycles. The minimum atomic E-state index is 0.0198. The van der Waals surface area contributed by atoms with Crippen LogP contribution in [0.15, 0.2) is 0 Å². The van der Waals surface area contributed by atoms with Gasteiger partial charge in [-0.15, -0.1) is 0 Å². The van der Waals surface area contributed by atoms with Crippen molar-refractivity contribution in [3.05, 3.63) is 0 Å². The molecule has 13 heavy (non-hydrogen) atoms. The van der Waals surface area contributed by atoms with E-state index in [1.54, 1.807) is 7.11 Å². The Morgan fingerprint density at radius 2 is 2.15 bits per heavy atom. The zero-order valence-electron chi connectivity index (χ0n) is 8.72. The van der Waals surface area contributed by atoms with Gasteiger partial charge in [0.1, 0.15) is 0 Å². The summed E-state index contributed by atoms with van der Waals surface area (Å²) in [5.41, 5.74) is 0. The van der Waals surface area contributed by atoms with E-state index in [2.05, 4.69) is 17.6 Å². The predicted octanol–water partition coefficient (Wildman–Crippen LogP) is 0.137. The molecular weight excluding hydrogens is 168 g/mol. The van der Waals surface area contributed by atoms with Gasteiger partial charge in [0.15, 0.2) is 0 Å². The topological polar surface area (TPSA) is 50.4 Å². The standard InChI is InChI=1S/C9H20N2O2/c1-8(4-7-13-3)10-5-6-11-9(2)12/h8,10H,4-7H2,1-3H3,(H,11,12). The Hall–Kier alpha value is -0.610. The second-order valence-corrected chi connectivity index (χ2v) is 3.12. The fraction of sp³-hybridized carbons (Fsp3) is 0.889. The van der Waals surface area contributed by atoms with Gasteiger partial charge in [0.05, 0.1) is 0 Å². The number of methoxy groups -OCH3 is 1. The van der Waals surface area contributed by atoms with Crippen LogP contribution in [0.4, 0.5) is 0 Å². The normalized spacial score (nSPS) is 12.5. The van der Waals surface area contributed by atoms with Gasteiger partial charge in [-0.2, -0.15) is 0 Å². The zero-order valence-corrected chi connectivity index (χ0v) is 8.72. The van der Waals surface area contributed by atoms with Crippen molar-refractivity contribution in [2.75, 3.05) is 26.8 Å². The van der Waals surface area contributed by atoms with E-state index in [9.17, 15) is 4.79 Å². The monoisotopic (exact) mass is 188 g/mol. The smallest absolute Gasteiger partial charge is 0.216 e. The van der Waals surface area contributed by atoms with Gasteiger partial charge in [-0.1, -0.05) is 0 Å². The average molecular weight is 188 g/mol. The first-order valence-electron chi connectivity index (χ1n) is 4.63. The third-order valence-corrected chi connectivity index (χ3v) is 1.75. The van der Waals surface area contributed by atoms with Crippen molar-refractivity contribution in [3.63, 3.8) is 0 Å². The molecule has 0 saturated carbocycles. The van der Waals surface area contributed by atoms with E-state index in [1.165, 1.54) is 6.92 Å². The quantitative estimate of drug-likeness (QED) is 0.559. The van der Waals surface area contributed by atoms with Crippen LogP contribution in [0.1, 0.15) is 20.3 Å². The summed E-state index contributed by atoms with van der Waals surface area (Å²) in [6.45, 7) is 5.90. The van der Waals surface area contributed by atoms with Crippen LogP contribution in [0, 0.1) is 0 Å². The molecule has 2 N–H and O–H groups in total. The molecule has 0 bridgehead atoms. The molecule has 1 atom stereocenters. The van der Waals surface area contributed by atoms with Crippen molar-refractivity contribution in [1.82, 2.24) is 10.6 Å². The molecule has 0 heterocycles. The molecule has 0 fully saturated rings. The molecular formula is C9H20N2O2. The van der Waals surface area contributed by atoms with E-state index < -0.39 is 0 Å². The molecule has 0 aliphatic carbocycles. The van der Waals surface area contributed by atoms with Gasteiger partial charge < -0.3 is 15.4 Å². The minimum Gasteiger partial charge on any atom is -0.385 e. The van der Waals surface area contributed by atoms with Crippen molar-refractivity contribution in [2.45, 2.75) is 26.3 Å². The molecule has 4 heteroatoms. The van der Waals surface area contributed by atoms with Crippen LogP contribution in [-0.4, -0.2) is 38.8 Å². The summed E-state index contributed by atoms with van der Waals surface area (Å²) in [6.07, 6.45) is 0.997. The Balaban J connectivity index is 3.16. The molecule has 0 aromatic heterocycles. The summed E-state index contributed by atoms with van der Waals surface area (Å²) in [6, 6.07) is 0.439. The van der Waals surface area contributed by atoms with Gasteiger partial charge >= 0.3 is 0 Å². The first-order valence-corrected chi connectivity index (χ1v) is 4.63. The number of amides is 1. The van der Waals surface area contributed by atoms with E-state index in [4.69, 9.17) is 4.74 Å². The molecule has 0 aliphatic heterocycles. The van der Waals surface area contributed by atoms with Gasteiger partial charge in [0.25, 0.3) is 0 Å². The van der Waals surface area contributed by atoms with Crippen molar-refractivity contribution >= 4 is 5.91 Å². The molecule has 4 nitrogen and oxygen atoms in total. The van der Waals surface area contributed by atoms with Crippen molar-refractivity contribution in [3.8, 4) is 0 Å². The lowest BCUT2D eigenvalue weighted by Crippen LogP contribution is -2.35. The second-order valence-electron chi connectivity index (χ2n) is 3.12. The van der Waals surface area contributed by atoms with Gasteiger partial charge in [-0.05, 0) is 13.3 Å². The number of hydrogen-bond acceptors (Lipinski definition) is 3. The molecule has 78 valence electrons. The van der Waals surface area contributed by atoms with Gasteiger partial charge in [-0.25, -0.2) is 0 Å². The zero-order chi connectivity index (χ0) is 10.1. The van der Waals surface area contributed by atoms with Crippen LogP contribution < -0.4 is 10.6 Å². The number of carbonyl (C=O) groups excluding carboxylic acids is 1. The summed E-state index contributed by atoms with van der Waals surface area (Å²) in [4.78, 5) is 10.5. The Morgan fingerprint density at radius 3 is 2.69 bits per heavy atom. The minimum absolute atomic E-state index is 0.0198. The van der Waals surface area contributed by atoms with Crippen LogP contribution in [-0.2, 0) is 9.53 Å². The fourth-order valence-corrected chi connectivity index (χ4v) is 0.954. The third kappa shape index (κ3) is 9.30. The number of nitrogens with one attached hydrogen (secondary N) is 2. The fourth-order valence-electron chi connectivity index (χ4n) is 0.954. The Bertz CT molecular complexity index is 140. The highest BCUT2D eigenvalue weighted by atomic mass is 16.5. The molecule has 0 rings (SSSR count). The molecule has 0 radical (unpaired) electrons. The molecule has 0 aromatic rings. The van der Waals surface area contributed by atoms with Crippen LogP contribution >= 0.6 is 0 Å². The van der Waals surface area contributed by atoms with E-state index in [0.717, 1.165) is 19.6 Å². The Morgan fingerprint density at radius 1 is 1.46 bits per heavy atom. The summed E-state index contributed by atoms with van der Waals surface area (Å²) >= 11 is 0. The van der Waals surface area contributed by atoms with Crippen LogP contribution in [0.25, 0.3) is 0 Å². The van der Waals surface area contributed by atoms with E-state index in [-0.39, 0.29) is 5.91 Å². The van der Waals surface area contributed by atoms with Crippen LogP contribution in [0.3, 0.4) is 0 Å². The molecule has 0 saturated heterocycles. The largest absolute Gasteiger partial charge is 0.385 e. The highest BCUT2D eigenvalue weighted by Gasteiger charge is 1.99. The number of hydrogen-bond donors (Lipinski definition) is 2. The first kappa shape index (κ1) is 12.4. The van der Waals surface area contributed by atoms with Gasteiger partial charge in [-0.3, -0.25) is 4.79 Å². The maximum Gasteiger partial charge on any atom is 0.216 e. The van der Waals surface area contributed by atoms with Crippen LogP contribution in [0.5, 0.6) is 0 Å². The molecule has 1 amide bonds. The highest BCUT2D eigenvalue weighted by Crippen LogP contribution is 1.88. The maximum absolute atomic E-state index is 10.5. The first-order chi connectivity index (χ1) is 6.16. The SMILES string of the molecule is COCCC(C)NCCNC(C)=O. The lowest BCUT2D eigenvalue weighted by atomic mass is 10.2. The summed E-state index contributed by atoms with van der Waals surface area (Å²) in [5.74, 6) is 0.0198. The van der Waals surface area contributed by atoms with Crippen molar-refractivity contribution in [2.24, 2.45) is 0 Å². The summed E-state index contributed by atoms with van der Waals surface area (Å²) in [5, 5.41) is 6.00. The van der Waals surface area contributed by atoms with Gasteiger partial charge in [0, 0.05) is 39.8 Å². The Labute approximate surface area is 80.0 Å². The summed E-state index contributed by atoms with van der Waals surface area (Å²) in [7, 11) is 1.70.